The largest absolute Gasteiger partial charge is 0.497 e. The lowest BCUT2D eigenvalue weighted by Gasteiger charge is -2.25. The first-order valence-corrected chi connectivity index (χ1v) is 11.2. The molecule has 32 heavy (non-hydrogen) atoms. The number of non-ortho nitro benzene ring substituents is 1. The van der Waals surface area contributed by atoms with E-state index in [-0.39, 0.29) is 17.1 Å². The number of hydrogen-bond donors (Lipinski definition) is 1. The van der Waals surface area contributed by atoms with Gasteiger partial charge in [0.15, 0.2) is 0 Å². The summed E-state index contributed by atoms with van der Waals surface area (Å²) in [5.74, 6) is 0.498. The number of hydrogen-bond acceptors (Lipinski definition) is 8. The second-order valence-electron chi connectivity index (χ2n) is 6.78. The summed E-state index contributed by atoms with van der Waals surface area (Å²) in [6.45, 7) is 1.08. The van der Waals surface area contributed by atoms with Crippen molar-refractivity contribution in [3.8, 4) is 17.2 Å². The van der Waals surface area contributed by atoms with Crippen molar-refractivity contribution in [2.75, 3.05) is 38.4 Å². The number of nitrogens with zero attached hydrogens (tertiary/aromatic N) is 2. The molecule has 0 bridgehead atoms. The van der Waals surface area contributed by atoms with E-state index in [0.29, 0.717) is 17.1 Å². The number of carbonyl (C=O) groups is 1. The van der Waals surface area contributed by atoms with Crippen molar-refractivity contribution in [1.29, 1.82) is 0 Å². The summed E-state index contributed by atoms with van der Waals surface area (Å²) in [4.78, 5) is 23.3. The third kappa shape index (κ3) is 5.78. The molecule has 0 aromatic heterocycles. The number of nitrogens with one attached hydrogen (secondary N) is 1. The molecule has 174 valence electrons. The van der Waals surface area contributed by atoms with Crippen molar-refractivity contribution < 1.29 is 32.3 Å². The van der Waals surface area contributed by atoms with Gasteiger partial charge in [0, 0.05) is 17.7 Å². The van der Waals surface area contributed by atoms with Gasteiger partial charge in [0.1, 0.15) is 29.5 Å². The number of rotatable bonds is 10. The average Bonchev–Trinajstić information content (AvgIpc) is 2.75. The summed E-state index contributed by atoms with van der Waals surface area (Å²) in [5.41, 5.74) is 0.161. The van der Waals surface area contributed by atoms with Gasteiger partial charge < -0.3 is 19.5 Å². The van der Waals surface area contributed by atoms with Crippen LogP contribution in [0.25, 0.3) is 0 Å². The van der Waals surface area contributed by atoms with Gasteiger partial charge in [-0.25, -0.2) is 8.42 Å². The summed E-state index contributed by atoms with van der Waals surface area (Å²) in [6, 6.07) is 8.03. The average molecular weight is 468 g/mol. The second kappa shape index (κ2) is 10.2. The van der Waals surface area contributed by atoms with Crippen LogP contribution in [-0.4, -0.2) is 53.4 Å². The highest BCUT2D eigenvalue weighted by atomic mass is 32.2. The number of sulfonamides is 1. The number of nitro groups is 1. The normalized spacial score (nSPS) is 11.9. The van der Waals surface area contributed by atoms with Gasteiger partial charge in [-0.2, -0.15) is 0 Å². The monoisotopic (exact) mass is 467 g/mol. The van der Waals surface area contributed by atoms with Gasteiger partial charge in [0.25, 0.3) is 5.69 Å². The zero-order valence-corrected chi connectivity index (χ0v) is 19.1. The van der Waals surface area contributed by atoms with Crippen molar-refractivity contribution in [3.63, 3.8) is 0 Å². The molecule has 0 radical (unpaired) electrons. The summed E-state index contributed by atoms with van der Waals surface area (Å²) >= 11 is 0. The fourth-order valence-electron chi connectivity index (χ4n) is 3.04. The van der Waals surface area contributed by atoms with Crippen LogP contribution in [0, 0.1) is 10.1 Å². The number of benzene rings is 2. The Bertz CT molecular complexity index is 1100. The lowest BCUT2D eigenvalue weighted by molar-refractivity contribution is -0.384. The zero-order chi connectivity index (χ0) is 24.1. The van der Waals surface area contributed by atoms with E-state index in [0.717, 1.165) is 16.6 Å². The number of amides is 1. The fourth-order valence-corrected chi connectivity index (χ4v) is 3.89. The molecule has 0 aliphatic rings. The van der Waals surface area contributed by atoms with E-state index < -0.39 is 33.4 Å². The molecule has 11 nitrogen and oxygen atoms in total. The molecule has 0 unspecified atom stereocenters. The lowest BCUT2D eigenvalue weighted by atomic mass is 10.1. The fraction of sp³-hybridized carbons (Fsp3) is 0.350. The van der Waals surface area contributed by atoms with Crippen molar-refractivity contribution in [1.82, 2.24) is 5.32 Å². The van der Waals surface area contributed by atoms with Gasteiger partial charge >= 0.3 is 0 Å². The molecule has 2 aromatic rings. The zero-order valence-electron chi connectivity index (χ0n) is 18.3. The number of nitro benzene ring substituents is 1. The molecule has 1 N–H and O–H groups in total. The number of carbonyl (C=O) groups excluding carboxylic acids is 1. The Morgan fingerprint density at radius 1 is 1.09 bits per heavy atom. The van der Waals surface area contributed by atoms with Gasteiger partial charge in [-0.05, 0) is 31.2 Å². The highest BCUT2D eigenvalue weighted by molar-refractivity contribution is 7.92. The highest BCUT2D eigenvalue weighted by Gasteiger charge is 2.27. The smallest absolute Gasteiger partial charge is 0.271 e. The molecular weight excluding hydrogens is 442 g/mol. The maximum absolute atomic E-state index is 12.8. The molecule has 0 aliphatic heterocycles. The molecule has 2 rings (SSSR count). The predicted molar refractivity (Wildman–Crippen MR) is 118 cm³/mol. The topological polar surface area (TPSA) is 137 Å². The predicted octanol–water partition coefficient (Wildman–Crippen LogP) is 2.26. The van der Waals surface area contributed by atoms with Crippen LogP contribution in [0.15, 0.2) is 36.4 Å². The Hall–Kier alpha value is -3.54. The summed E-state index contributed by atoms with van der Waals surface area (Å²) in [5, 5.41) is 13.9. The van der Waals surface area contributed by atoms with Crippen LogP contribution < -0.4 is 23.8 Å². The van der Waals surface area contributed by atoms with Crippen LogP contribution in [0.3, 0.4) is 0 Å². The quantitative estimate of drug-likeness (QED) is 0.415. The molecule has 12 heteroatoms. The molecule has 0 heterocycles. The van der Waals surface area contributed by atoms with Gasteiger partial charge in [0.2, 0.25) is 15.9 Å². The maximum Gasteiger partial charge on any atom is 0.271 e. The number of methoxy groups -OCH3 is 3. The number of anilines is 1. The minimum absolute atomic E-state index is 0.0661. The van der Waals surface area contributed by atoms with Gasteiger partial charge in [-0.3, -0.25) is 19.2 Å². The van der Waals surface area contributed by atoms with E-state index in [1.807, 2.05) is 0 Å². The molecule has 0 saturated heterocycles. The molecule has 0 saturated carbocycles. The van der Waals surface area contributed by atoms with Gasteiger partial charge in [-0.15, -0.1) is 0 Å². The molecule has 0 fully saturated rings. The van der Waals surface area contributed by atoms with E-state index in [9.17, 15) is 23.3 Å². The Kier molecular flexibility index (Phi) is 7.87. The van der Waals surface area contributed by atoms with Crippen LogP contribution >= 0.6 is 0 Å². The third-order valence-corrected chi connectivity index (χ3v) is 5.74. The van der Waals surface area contributed by atoms with Crippen LogP contribution in [0.5, 0.6) is 17.2 Å². The summed E-state index contributed by atoms with van der Waals surface area (Å²) in [7, 11) is 0.298. The van der Waals surface area contributed by atoms with Crippen LogP contribution in [0.2, 0.25) is 0 Å². The Labute approximate surface area is 186 Å². The molecule has 1 amide bonds. The SMILES string of the molecule is COc1ccc(OC)c([C@@H](C)NC(=O)CN(c2cc([N+](=O)[O-])ccc2OC)S(C)(=O)=O)c1. The molecule has 0 spiro atoms. The van der Waals surface area contributed by atoms with E-state index in [4.69, 9.17) is 14.2 Å². The van der Waals surface area contributed by atoms with E-state index >= 15 is 0 Å². The van der Waals surface area contributed by atoms with Gasteiger partial charge in [0.05, 0.1) is 38.6 Å². The molecule has 2 aromatic carbocycles. The lowest BCUT2D eigenvalue weighted by Crippen LogP contribution is -2.41. The third-order valence-electron chi connectivity index (χ3n) is 4.61. The van der Waals surface area contributed by atoms with Crippen LogP contribution in [0.1, 0.15) is 18.5 Å². The van der Waals surface area contributed by atoms with Crippen molar-refractivity contribution in [2.45, 2.75) is 13.0 Å². The van der Waals surface area contributed by atoms with E-state index in [1.54, 1.807) is 25.1 Å². The Morgan fingerprint density at radius 2 is 1.72 bits per heavy atom. The van der Waals surface area contributed by atoms with E-state index in [2.05, 4.69) is 5.32 Å². The van der Waals surface area contributed by atoms with Crippen LogP contribution in [0.4, 0.5) is 11.4 Å². The first-order valence-electron chi connectivity index (χ1n) is 9.33. The summed E-state index contributed by atoms with van der Waals surface area (Å²) < 4.78 is 41.3. The Balaban J connectivity index is 2.35. The van der Waals surface area contributed by atoms with E-state index in [1.165, 1.54) is 33.5 Å². The minimum atomic E-state index is -3.99. The molecular formula is C20H25N3O8S. The maximum atomic E-state index is 12.8. The van der Waals surface area contributed by atoms with Crippen molar-refractivity contribution >= 4 is 27.3 Å². The second-order valence-corrected chi connectivity index (χ2v) is 8.69. The highest BCUT2D eigenvalue weighted by Crippen LogP contribution is 2.34. The number of ether oxygens (including phenoxy) is 3. The standard InChI is InChI=1S/C20H25N3O8S/c1-13(16-11-15(29-2)7-9-18(16)30-3)21-20(24)12-22(32(5,27)28)17-10-14(23(25)26)6-8-19(17)31-4/h6-11,13H,12H2,1-5H3,(H,21,24)/t13-/m1/s1. The van der Waals surface area contributed by atoms with Crippen molar-refractivity contribution in [2.24, 2.45) is 0 Å². The van der Waals surface area contributed by atoms with Crippen LogP contribution in [-0.2, 0) is 14.8 Å². The first-order chi connectivity index (χ1) is 15.0. The molecule has 0 aliphatic carbocycles. The minimum Gasteiger partial charge on any atom is -0.497 e. The molecule has 1 atom stereocenters. The summed E-state index contributed by atoms with van der Waals surface area (Å²) in [6.07, 6.45) is 0.896. The Morgan fingerprint density at radius 3 is 2.25 bits per heavy atom. The van der Waals surface area contributed by atoms with Gasteiger partial charge in [-0.1, -0.05) is 0 Å². The first kappa shape index (κ1) is 24.7. The van der Waals surface area contributed by atoms with Crippen molar-refractivity contribution in [3.05, 3.63) is 52.1 Å².